The highest BCUT2D eigenvalue weighted by Crippen LogP contribution is 2.32. The van der Waals surface area contributed by atoms with E-state index in [0.29, 0.717) is 6.04 Å². The molecule has 0 aliphatic heterocycles. The highest BCUT2D eigenvalue weighted by Gasteiger charge is 2.28. The summed E-state index contributed by atoms with van der Waals surface area (Å²) in [7, 11) is 2.18. The van der Waals surface area contributed by atoms with E-state index in [0.717, 1.165) is 16.9 Å². The fraction of sp³-hybridized carbons (Fsp3) is 0.833. The summed E-state index contributed by atoms with van der Waals surface area (Å²) < 4.78 is 4.27. The lowest BCUT2D eigenvalue weighted by Crippen LogP contribution is -2.39. The molecule has 2 rings (SSSR count). The van der Waals surface area contributed by atoms with Crippen molar-refractivity contribution in [1.82, 2.24) is 9.36 Å². The lowest BCUT2D eigenvalue weighted by molar-refractivity contribution is 0.292. The van der Waals surface area contributed by atoms with Gasteiger partial charge < -0.3 is 4.90 Å². The second-order valence-electron chi connectivity index (χ2n) is 4.76. The Bertz CT molecular complexity index is 337. The van der Waals surface area contributed by atoms with Crippen molar-refractivity contribution in [2.24, 2.45) is 5.92 Å². The van der Waals surface area contributed by atoms with E-state index < -0.39 is 0 Å². The summed E-state index contributed by atoms with van der Waals surface area (Å²) in [5, 5.41) is 1.09. The fourth-order valence-electron chi connectivity index (χ4n) is 2.75. The quantitative estimate of drug-likeness (QED) is 0.810. The molecule has 1 aliphatic rings. The van der Waals surface area contributed by atoms with Crippen LogP contribution in [0.4, 0.5) is 5.13 Å². The van der Waals surface area contributed by atoms with Crippen LogP contribution in [0.25, 0.3) is 0 Å². The van der Waals surface area contributed by atoms with Crippen molar-refractivity contribution in [2.45, 2.75) is 52.0 Å². The van der Waals surface area contributed by atoms with E-state index in [1.807, 2.05) is 6.92 Å². The van der Waals surface area contributed by atoms with Gasteiger partial charge in [-0.3, -0.25) is 0 Å². The number of hydrogen-bond acceptors (Lipinski definition) is 4. The van der Waals surface area contributed by atoms with Gasteiger partial charge in [0, 0.05) is 24.6 Å². The smallest absolute Gasteiger partial charge is 0.205 e. The Morgan fingerprint density at radius 3 is 2.75 bits per heavy atom. The standard InChI is InChI=1S/C12H21N3S/c1-4-10-7-5-6-8-11(10)15(3)12-13-9(2)14-16-12/h10-11H,4-8H2,1-3H3. The molecule has 1 saturated carbocycles. The Morgan fingerprint density at radius 1 is 1.38 bits per heavy atom. The summed E-state index contributed by atoms with van der Waals surface area (Å²) in [5.41, 5.74) is 0. The first-order chi connectivity index (χ1) is 7.72. The van der Waals surface area contributed by atoms with Crippen molar-refractivity contribution in [3.05, 3.63) is 5.82 Å². The minimum atomic E-state index is 0.672. The number of nitrogens with zero attached hydrogens (tertiary/aromatic N) is 3. The highest BCUT2D eigenvalue weighted by molar-refractivity contribution is 7.09. The summed E-state index contributed by atoms with van der Waals surface area (Å²) in [4.78, 5) is 6.85. The van der Waals surface area contributed by atoms with Crippen molar-refractivity contribution in [1.29, 1.82) is 0 Å². The average Bonchev–Trinajstić information content (AvgIpc) is 2.75. The van der Waals surface area contributed by atoms with Crippen LogP contribution in [0.15, 0.2) is 0 Å². The van der Waals surface area contributed by atoms with Gasteiger partial charge in [0.05, 0.1) is 0 Å². The lowest BCUT2D eigenvalue weighted by atomic mass is 9.82. The predicted octanol–water partition coefficient (Wildman–Crippen LogP) is 3.25. The second-order valence-corrected chi connectivity index (χ2v) is 5.49. The molecular weight excluding hydrogens is 218 g/mol. The summed E-state index contributed by atoms with van der Waals surface area (Å²) in [6, 6.07) is 0.672. The molecule has 0 spiro atoms. The van der Waals surface area contributed by atoms with Crippen LogP contribution in [0.2, 0.25) is 0 Å². The van der Waals surface area contributed by atoms with Gasteiger partial charge in [0.1, 0.15) is 5.82 Å². The van der Waals surface area contributed by atoms with Gasteiger partial charge >= 0.3 is 0 Å². The molecule has 0 aromatic carbocycles. The van der Waals surface area contributed by atoms with Crippen LogP contribution < -0.4 is 4.90 Å². The zero-order chi connectivity index (χ0) is 11.5. The molecule has 0 amide bonds. The van der Waals surface area contributed by atoms with Crippen LogP contribution in [0, 0.1) is 12.8 Å². The van der Waals surface area contributed by atoms with Gasteiger partial charge in [-0.25, -0.2) is 4.98 Å². The van der Waals surface area contributed by atoms with Gasteiger partial charge in [-0.15, -0.1) is 0 Å². The summed E-state index contributed by atoms with van der Waals surface area (Å²) in [6.45, 7) is 4.27. The first-order valence-electron chi connectivity index (χ1n) is 6.25. The summed E-state index contributed by atoms with van der Waals surface area (Å²) in [6.07, 6.45) is 6.74. The maximum absolute atomic E-state index is 4.49. The Labute approximate surface area is 102 Å². The van der Waals surface area contributed by atoms with Crippen LogP contribution in [0.1, 0.15) is 44.9 Å². The molecule has 1 aromatic heterocycles. The minimum Gasteiger partial charge on any atom is -0.347 e. The van der Waals surface area contributed by atoms with Gasteiger partial charge in [-0.1, -0.05) is 26.2 Å². The second kappa shape index (κ2) is 5.13. The van der Waals surface area contributed by atoms with E-state index in [9.17, 15) is 0 Å². The van der Waals surface area contributed by atoms with Crippen molar-refractivity contribution in [3.8, 4) is 0 Å². The molecule has 3 nitrogen and oxygen atoms in total. The van der Waals surface area contributed by atoms with Crippen molar-refractivity contribution in [2.75, 3.05) is 11.9 Å². The lowest BCUT2D eigenvalue weighted by Gasteiger charge is -2.37. The molecule has 1 heterocycles. The molecule has 0 bridgehead atoms. The van der Waals surface area contributed by atoms with E-state index in [1.165, 1.54) is 43.6 Å². The average molecular weight is 239 g/mol. The van der Waals surface area contributed by atoms with Gasteiger partial charge in [0.25, 0.3) is 0 Å². The minimum absolute atomic E-state index is 0.672. The zero-order valence-electron chi connectivity index (χ0n) is 10.4. The van der Waals surface area contributed by atoms with Crippen molar-refractivity contribution in [3.63, 3.8) is 0 Å². The molecule has 0 N–H and O–H groups in total. The van der Waals surface area contributed by atoms with E-state index in [4.69, 9.17) is 0 Å². The van der Waals surface area contributed by atoms with E-state index in [1.54, 1.807) is 0 Å². The Kier molecular flexibility index (Phi) is 3.79. The van der Waals surface area contributed by atoms with Crippen LogP contribution in [-0.4, -0.2) is 22.4 Å². The third-order valence-corrected chi connectivity index (χ3v) is 4.61. The highest BCUT2D eigenvalue weighted by atomic mass is 32.1. The number of aryl methyl sites for hydroxylation is 1. The van der Waals surface area contributed by atoms with Crippen LogP contribution >= 0.6 is 11.5 Å². The zero-order valence-corrected chi connectivity index (χ0v) is 11.3. The van der Waals surface area contributed by atoms with Crippen molar-refractivity contribution >= 4 is 16.7 Å². The third-order valence-electron chi connectivity index (χ3n) is 3.71. The topological polar surface area (TPSA) is 29.0 Å². The Morgan fingerprint density at radius 2 is 2.12 bits per heavy atom. The summed E-state index contributed by atoms with van der Waals surface area (Å²) >= 11 is 1.53. The Hall–Kier alpha value is -0.640. The van der Waals surface area contributed by atoms with Crippen LogP contribution in [-0.2, 0) is 0 Å². The first-order valence-corrected chi connectivity index (χ1v) is 7.03. The normalized spacial score (nSPS) is 25.7. The van der Waals surface area contributed by atoms with Crippen LogP contribution in [0.3, 0.4) is 0 Å². The maximum Gasteiger partial charge on any atom is 0.205 e. The molecule has 0 saturated heterocycles. The summed E-state index contributed by atoms with van der Waals surface area (Å²) in [5.74, 6) is 1.73. The third kappa shape index (κ3) is 2.37. The monoisotopic (exact) mass is 239 g/mol. The Balaban J connectivity index is 2.10. The van der Waals surface area contributed by atoms with Gasteiger partial charge in [0.2, 0.25) is 5.13 Å². The van der Waals surface area contributed by atoms with Gasteiger partial charge in [-0.05, 0) is 25.7 Å². The largest absolute Gasteiger partial charge is 0.347 e. The predicted molar refractivity (Wildman–Crippen MR) is 69.1 cm³/mol. The van der Waals surface area contributed by atoms with E-state index in [-0.39, 0.29) is 0 Å². The molecule has 2 atom stereocenters. The molecule has 4 heteroatoms. The number of aromatic nitrogens is 2. The molecule has 1 fully saturated rings. The van der Waals surface area contributed by atoms with Gasteiger partial charge in [0.15, 0.2) is 0 Å². The molecule has 2 unspecified atom stereocenters. The number of hydrogen-bond donors (Lipinski definition) is 0. The maximum atomic E-state index is 4.49. The molecule has 1 aliphatic carbocycles. The van der Waals surface area contributed by atoms with E-state index in [2.05, 4.69) is 28.2 Å². The van der Waals surface area contributed by atoms with Gasteiger partial charge in [-0.2, -0.15) is 4.37 Å². The van der Waals surface area contributed by atoms with Crippen LogP contribution in [0.5, 0.6) is 0 Å². The number of anilines is 1. The first kappa shape index (κ1) is 11.8. The molecular formula is C12H21N3S. The molecule has 0 radical (unpaired) electrons. The number of rotatable bonds is 3. The SMILES string of the molecule is CCC1CCCCC1N(C)c1nc(C)ns1. The molecule has 16 heavy (non-hydrogen) atoms. The molecule has 90 valence electrons. The van der Waals surface area contributed by atoms with E-state index >= 15 is 0 Å². The van der Waals surface area contributed by atoms with Crippen molar-refractivity contribution < 1.29 is 0 Å². The fourth-order valence-corrected chi connectivity index (χ4v) is 3.44. The molecule has 1 aromatic rings.